The van der Waals surface area contributed by atoms with E-state index < -0.39 is 41.6 Å². The summed E-state index contributed by atoms with van der Waals surface area (Å²) < 4.78 is 31.6. The highest BCUT2D eigenvalue weighted by Crippen LogP contribution is 2.44. The van der Waals surface area contributed by atoms with Crippen LogP contribution in [0.2, 0.25) is 0 Å². The average Bonchev–Trinajstić information content (AvgIpc) is 4.07. The molecule has 6 heterocycles. The first-order chi connectivity index (χ1) is 30.6. The number of hydrogen-bond acceptors (Lipinski definition) is 16. The quantitative estimate of drug-likeness (QED) is 0.0724. The molecule has 63 heavy (non-hydrogen) atoms. The van der Waals surface area contributed by atoms with Crippen molar-refractivity contribution < 1.29 is 39.0 Å². The van der Waals surface area contributed by atoms with Gasteiger partial charge in [0, 0.05) is 10.8 Å². The minimum absolute atomic E-state index is 0.352. The third-order valence-electron chi connectivity index (χ3n) is 10.2. The van der Waals surface area contributed by atoms with Gasteiger partial charge in [-0.3, -0.25) is 0 Å². The molecule has 0 unspecified atom stereocenters. The fourth-order valence-electron chi connectivity index (χ4n) is 7.18. The molecule has 8 atom stereocenters. The Hall–Kier alpha value is -4.05. The maximum absolute atomic E-state index is 10.0. The molecule has 0 amide bonds. The molecule has 2 aliphatic heterocycles. The van der Waals surface area contributed by atoms with Crippen molar-refractivity contribution in [3.05, 3.63) is 141 Å². The van der Waals surface area contributed by atoms with Crippen LogP contribution in [0.5, 0.6) is 0 Å². The largest absolute Gasteiger partial charge is 0.450 e. The highest BCUT2D eigenvalue weighted by Gasteiger charge is 2.48. The van der Waals surface area contributed by atoms with E-state index in [0.29, 0.717) is 53.8 Å². The van der Waals surface area contributed by atoms with Crippen LogP contribution in [-0.2, 0) is 43.5 Å². The molecule has 0 spiro atoms. The van der Waals surface area contributed by atoms with Crippen molar-refractivity contribution in [1.29, 1.82) is 0 Å². The maximum atomic E-state index is 10.0. The van der Waals surface area contributed by atoms with Gasteiger partial charge in [0.25, 0.3) is 0 Å². The standard InChI is InChI=1S/C32H31N3O4S.C11H13N3O4S.BCl3/c33-32-25-20-40-31(27(25)34-21-35-32)30-29(38-18-24-14-8-3-9-15-24)28(37-17-23-12-6-2-7-13-23)26(39-30)19-36-16-22-10-4-1-5-11-22;12-11-4-2-19-10(6(4)13-3-14-11)9-8(17)7(16)5(1-15)18-9;2-1(3)4/h1-15,20-21,26,28-30H,16-19H2,(H2,33,34,35);2-3,5,7-9,15-17H,1H2,(H2,12,13,14);/t26-,28-,29-,30-;5-,7-,8-,9-;/m11./s1. The van der Waals surface area contributed by atoms with E-state index in [9.17, 15) is 10.2 Å². The molecule has 4 aromatic heterocycles. The summed E-state index contributed by atoms with van der Waals surface area (Å²) in [6, 6.07) is 30.4. The van der Waals surface area contributed by atoms with E-state index >= 15 is 0 Å². The van der Waals surface area contributed by atoms with Crippen molar-refractivity contribution in [2.24, 2.45) is 0 Å². The van der Waals surface area contributed by atoms with Crippen LogP contribution in [0.4, 0.5) is 11.6 Å². The predicted molar refractivity (Wildman–Crippen MR) is 247 cm³/mol. The molecule has 14 nitrogen and oxygen atoms in total. The Kier molecular flexibility index (Phi) is 16.9. The van der Waals surface area contributed by atoms with E-state index in [2.05, 4.69) is 56.3 Å². The van der Waals surface area contributed by atoms with Crippen LogP contribution >= 0.6 is 57.1 Å². The molecule has 20 heteroatoms. The first-order valence-electron chi connectivity index (χ1n) is 19.7. The van der Waals surface area contributed by atoms with Crippen LogP contribution in [0.25, 0.3) is 21.8 Å². The van der Waals surface area contributed by atoms with Crippen molar-refractivity contribution in [1.82, 2.24) is 19.9 Å². The van der Waals surface area contributed by atoms with Gasteiger partial charge in [-0.25, -0.2) is 19.9 Å². The van der Waals surface area contributed by atoms with Gasteiger partial charge < -0.3 is 50.5 Å². The molecule has 2 aliphatic rings. The number of aliphatic hydroxyl groups excluding tert-OH is 3. The van der Waals surface area contributed by atoms with Gasteiger partial charge >= 0.3 is 4.96 Å². The van der Waals surface area contributed by atoms with E-state index in [1.807, 2.05) is 60.0 Å². The maximum Gasteiger partial charge on any atom is 0.450 e. The van der Waals surface area contributed by atoms with Crippen LogP contribution in [0.15, 0.2) is 114 Å². The molecule has 3 aromatic carbocycles. The highest BCUT2D eigenvalue weighted by molar-refractivity contribution is 7.54. The van der Waals surface area contributed by atoms with E-state index in [1.165, 1.54) is 24.0 Å². The lowest BCUT2D eigenvalue weighted by Crippen LogP contribution is -2.37. The SMILES string of the molecule is ClB(Cl)Cl.Nc1ncnc2c([C@@H]3O[C@H](CO)[C@@H](O)[C@H]3O)scc12.Nc1ncnc2c([C@@H]3O[C@H](COCc4ccccc4)[C@@H](OCc4ccccc4)[C@H]3OCc3ccccc3)scc12. The minimum Gasteiger partial charge on any atom is -0.394 e. The number of halogens is 3. The van der Waals surface area contributed by atoms with Crippen LogP contribution in [0.3, 0.4) is 0 Å². The van der Waals surface area contributed by atoms with Gasteiger partial charge in [0.2, 0.25) is 0 Å². The monoisotopic (exact) mass is 952 g/mol. The van der Waals surface area contributed by atoms with E-state index in [-0.39, 0.29) is 18.8 Å². The lowest BCUT2D eigenvalue weighted by Gasteiger charge is -2.25. The Morgan fingerprint density at radius 3 is 1.52 bits per heavy atom. The zero-order valence-corrected chi connectivity index (χ0v) is 37.4. The fraction of sp³-hybridized carbons (Fsp3) is 0.302. The number of anilines is 2. The minimum atomic E-state index is -1.12. The topological polar surface area (TPSA) is 210 Å². The van der Waals surface area contributed by atoms with Gasteiger partial charge in [-0.15, -0.1) is 22.7 Å². The van der Waals surface area contributed by atoms with Gasteiger partial charge in [-0.1, -0.05) is 91.0 Å². The Labute approximate surface area is 386 Å². The summed E-state index contributed by atoms with van der Waals surface area (Å²) in [6.45, 7) is 1.35. The molecular weight excluding hydrogens is 910 g/mol. The number of nitrogens with zero attached hydrogens (tertiary/aromatic N) is 4. The molecule has 330 valence electrons. The number of ether oxygens (including phenoxy) is 5. The number of nitrogen functional groups attached to an aromatic ring is 2. The van der Waals surface area contributed by atoms with Crippen LogP contribution in [0.1, 0.15) is 38.7 Å². The first kappa shape index (κ1) is 46.9. The molecule has 7 N–H and O–H groups in total. The van der Waals surface area contributed by atoms with Crippen LogP contribution in [0, 0.1) is 0 Å². The third kappa shape index (κ3) is 11.8. The normalized spacial score (nSPS) is 23.0. The third-order valence-corrected chi connectivity index (χ3v) is 12.3. The highest BCUT2D eigenvalue weighted by atomic mass is 35.6. The Morgan fingerprint density at radius 1 is 0.603 bits per heavy atom. The molecular formula is C43H44BCl3N6O8S2. The molecule has 0 bridgehead atoms. The molecule has 2 fully saturated rings. The number of rotatable bonds is 13. The van der Waals surface area contributed by atoms with Gasteiger partial charge in [0.1, 0.15) is 73.1 Å². The summed E-state index contributed by atoms with van der Waals surface area (Å²) in [5.41, 5.74) is 16.6. The average molecular weight is 954 g/mol. The number of benzene rings is 3. The Bertz CT molecular complexity index is 2480. The molecule has 7 aromatic rings. The van der Waals surface area contributed by atoms with Gasteiger partial charge in [-0.2, -0.15) is 34.4 Å². The molecule has 0 saturated carbocycles. The van der Waals surface area contributed by atoms with Crippen molar-refractivity contribution in [3.8, 4) is 0 Å². The second-order valence-corrected chi connectivity index (χ2v) is 18.2. The Morgan fingerprint density at radius 2 is 1.05 bits per heavy atom. The lowest BCUT2D eigenvalue weighted by molar-refractivity contribution is -0.0898. The van der Waals surface area contributed by atoms with E-state index in [0.717, 1.165) is 32.5 Å². The molecule has 0 radical (unpaired) electrons. The zero-order valence-electron chi connectivity index (χ0n) is 33.5. The number of hydrogen-bond donors (Lipinski definition) is 5. The second kappa shape index (κ2) is 22.7. The molecule has 0 aliphatic carbocycles. The summed E-state index contributed by atoms with van der Waals surface area (Å²) in [6.07, 6.45) is -2.43. The first-order valence-corrected chi connectivity index (χ1v) is 22.8. The van der Waals surface area contributed by atoms with E-state index in [1.54, 1.807) is 16.7 Å². The van der Waals surface area contributed by atoms with Crippen molar-refractivity contribution >= 4 is 95.5 Å². The molecule has 2 saturated heterocycles. The van der Waals surface area contributed by atoms with Crippen LogP contribution < -0.4 is 11.5 Å². The fourth-order valence-corrected chi connectivity index (χ4v) is 9.33. The number of nitrogens with two attached hydrogens (primary N) is 2. The van der Waals surface area contributed by atoms with Crippen molar-refractivity contribution in [3.63, 3.8) is 0 Å². The van der Waals surface area contributed by atoms with Crippen molar-refractivity contribution in [2.45, 2.75) is 68.7 Å². The second-order valence-electron chi connectivity index (χ2n) is 14.4. The summed E-state index contributed by atoms with van der Waals surface area (Å²) in [5, 5.41) is 34.1. The number of fused-ring (bicyclic) bond motifs is 2. The Balaban J connectivity index is 0.000000214. The number of aliphatic hydroxyl groups is 3. The van der Waals surface area contributed by atoms with Gasteiger partial charge in [-0.05, 0) is 16.7 Å². The van der Waals surface area contributed by atoms with E-state index in [4.69, 9.17) is 74.6 Å². The zero-order chi connectivity index (χ0) is 44.3. The summed E-state index contributed by atoms with van der Waals surface area (Å²) in [5.74, 6) is 0.811. The lowest BCUT2D eigenvalue weighted by atomic mass is 10.0. The van der Waals surface area contributed by atoms with Gasteiger partial charge in [0.15, 0.2) is 0 Å². The smallest absolute Gasteiger partial charge is 0.394 e. The van der Waals surface area contributed by atoms with Crippen LogP contribution in [-0.4, -0.2) is 90.1 Å². The summed E-state index contributed by atoms with van der Waals surface area (Å²) in [4.78, 5) is 17.6. The number of aromatic nitrogens is 4. The summed E-state index contributed by atoms with van der Waals surface area (Å²) >= 11 is 17.3. The van der Waals surface area contributed by atoms with Crippen molar-refractivity contribution in [2.75, 3.05) is 24.7 Å². The number of thiophene rings is 2. The molecule has 9 rings (SSSR count). The summed E-state index contributed by atoms with van der Waals surface area (Å²) in [7, 11) is 0. The predicted octanol–water partition coefficient (Wildman–Crippen LogP) is 7.22. The van der Waals surface area contributed by atoms with Gasteiger partial charge in [0.05, 0.1) is 64.6 Å².